The van der Waals surface area contributed by atoms with Gasteiger partial charge in [0.25, 0.3) is 0 Å². The monoisotopic (exact) mass is 373 g/mol. The second kappa shape index (κ2) is 6.46. The number of nitrogens with zero attached hydrogens (tertiary/aromatic N) is 1. The molecule has 1 amide bonds. The summed E-state index contributed by atoms with van der Waals surface area (Å²) in [5, 5.41) is 3.84. The number of amides is 1. The summed E-state index contributed by atoms with van der Waals surface area (Å²) in [5.41, 5.74) is 1.36. The van der Waals surface area contributed by atoms with Gasteiger partial charge in [-0.05, 0) is 48.8 Å². The van der Waals surface area contributed by atoms with E-state index in [0.717, 1.165) is 23.7 Å². The minimum Gasteiger partial charge on any atom is -0.354 e. The van der Waals surface area contributed by atoms with Crippen LogP contribution in [0.3, 0.4) is 0 Å². The zero-order valence-electron chi connectivity index (χ0n) is 14.7. The standard InChI is InChI=1S/C19H23N3O3S/c1-26(24,25)21-17-3-2-4-18-16(17)7-8-22(18)12-19(23)20-11-15-10-13-5-6-14(15)9-13/h2-8,13-15,21H,9-12H2,1H3,(H,20,23)/t13-,14+,15-/m1/s1. The summed E-state index contributed by atoms with van der Waals surface area (Å²) in [6.07, 6.45) is 9.95. The van der Waals surface area contributed by atoms with E-state index in [0.29, 0.717) is 23.4 Å². The number of hydrogen-bond donors (Lipinski definition) is 2. The number of fused-ring (bicyclic) bond motifs is 3. The number of aromatic nitrogens is 1. The number of anilines is 1. The first-order valence-electron chi connectivity index (χ1n) is 8.90. The first-order valence-corrected chi connectivity index (χ1v) is 10.8. The maximum Gasteiger partial charge on any atom is 0.239 e. The van der Waals surface area contributed by atoms with Gasteiger partial charge in [0.15, 0.2) is 0 Å². The largest absolute Gasteiger partial charge is 0.354 e. The number of hydrogen-bond acceptors (Lipinski definition) is 3. The fourth-order valence-corrected chi connectivity index (χ4v) is 4.81. The Hall–Kier alpha value is -2.28. The normalized spacial score (nSPS) is 24.3. The lowest BCUT2D eigenvalue weighted by molar-refractivity contribution is -0.121. The van der Waals surface area contributed by atoms with Crippen LogP contribution in [-0.2, 0) is 21.4 Å². The molecule has 2 bridgehead atoms. The quantitative estimate of drug-likeness (QED) is 0.763. The summed E-state index contributed by atoms with van der Waals surface area (Å²) < 4.78 is 27.4. The van der Waals surface area contributed by atoms with Crippen molar-refractivity contribution >= 4 is 32.5 Å². The first-order chi connectivity index (χ1) is 12.4. The van der Waals surface area contributed by atoms with E-state index in [9.17, 15) is 13.2 Å². The third-order valence-electron chi connectivity index (χ3n) is 5.40. The average Bonchev–Trinajstić information content (AvgIpc) is 3.28. The Kier molecular flexibility index (Phi) is 4.26. The number of sulfonamides is 1. The molecule has 138 valence electrons. The van der Waals surface area contributed by atoms with Gasteiger partial charge in [0.2, 0.25) is 15.9 Å². The van der Waals surface area contributed by atoms with Crippen molar-refractivity contribution in [2.45, 2.75) is 19.4 Å². The van der Waals surface area contributed by atoms with E-state index in [4.69, 9.17) is 0 Å². The molecule has 2 aromatic rings. The van der Waals surface area contributed by atoms with Gasteiger partial charge >= 0.3 is 0 Å². The van der Waals surface area contributed by atoms with Crippen molar-refractivity contribution in [1.29, 1.82) is 0 Å². The number of nitrogens with one attached hydrogen (secondary N) is 2. The Morgan fingerprint density at radius 1 is 1.23 bits per heavy atom. The Morgan fingerprint density at radius 2 is 2.08 bits per heavy atom. The highest BCUT2D eigenvalue weighted by Gasteiger charge is 2.35. The molecule has 0 aliphatic heterocycles. The number of carbonyl (C=O) groups excluding carboxylic acids is 1. The van der Waals surface area contributed by atoms with Crippen molar-refractivity contribution < 1.29 is 13.2 Å². The molecule has 26 heavy (non-hydrogen) atoms. The van der Waals surface area contributed by atoms with E-state index >= 15 is 0 Å². The predicted molar refractivity (Wildman–Crippen MR) is 102 cm³/mol. The molecule has 0 spiro atoms. The van der Waals surface area contributed by atoms with Crippen LogP contribution in [0, 0.1) is 17.8 Å². The van der Waals surface area contributed by atoms with Crippen LogP contribution < -0.4 is 10.0 Å². The summed E-state index contributed by atoms with van der Waals surface area (Å²) in [6.45, 7) is 0.951. The molecule has 0 radical (unpaired) electrons. The molecular formula is C19H23N3O3S. The van der Waals surface area contributed by atoms with Crippen molar-refractivity contribution in [3.63, 3.8) is 0 Å². The summed E-state index contributed by atoms with van der Waals surface area (Å²) in [7, 11) is -3.35. The van der Waals surface area contributed by atoms with Crippen LogP contribution >= 0.6 is 0 Å². The second-order valence-electron chi connectivity index (χ2n) is 7.40. The Bertz CT molecular complexity index is 977. The van der Waals surface area contributed by atoms with Crippen LogP contribution in [0.1, 0.15) is 12.8 Å². The molecule has 2 N–H and O–H groups in total. The van der Waals surface area contributed by atoms with E-state index in [1.54, 1.807) is 12.1 Å². The van der Waals surface area contributed by atoms with Gasteiger partial charge in [-0.1, -0.05) is 18.2 Å². The molecule has 1 heterocycles. The molecule has 1 fully saturated rings. The van der Waals surface area contributed by atoms with Crippen LogP contribution in [0.25, 0.3) is 10.9 Å². The molecular weight excluding hydrogens is 350 g/mol. The SMILES string of the molecule is CS(=O)(=O)Nc1cccc2c1ccn2CC(=O)NC[C@H]1C[C@@H]2C=C[C@H]1C2. The lowest BCUT2D eigenvalue weighted by atomic mass is 9.94. The smallest absolute Gasteiger partial charge is 0.239 e. The molecule has 0 saturated heterocycles. The number of allylic oxidation sites excluding steroid dienone is 2. The van der Waals surface area contributed by atoms with Crippen LogP contribution in [-0.4, -0.2) is 31.7 Å². The van der Waals surface area contributed by atoms with Gasteiger partial charge in [0.05, 0.1) is 17.5 Å². The third kappa shape index (κ3) is 3.49. The fourth-order valence-electron chi connectivity index (χ4n) is 4.23. The molecule has 7 heteroatoms. The highest BCUT2D eigenvalue weighted by Crippen LogP contribution is 2.42. The van der Waals surface area contributed by atoms with Gasteiger partial charge in [0, 0.05) is 18.1 Å². The van der Waals surface area contributed by atoms with Crippen LogP contribution in [0.4, 0.5) is 5.69 Å². The van der Waals surface area contributed by atoms with Crippen LogP contribution in [0.15, 0.2) is 42.6 Å². The zero-order valence-corrected chi connectivity index (χ0v) is 15.5. The highest BCUT2D eigenvalue weighted by molar-refractivity contribution is 7.92. The molecule has 2 aliphatic carbocycles. The van der Waals surface area contributed by atoms with Gasteiger partial charge in [-0.15, -0.1) is 0 Å². The zero-order chi connectivity index (χ0) is 18.3. The van der Waals surface area contributed by atoms with Crippen molar-refractivity contribution in [1.82, 2.24) is 9.88 Å². The van der Waals surface area contributed by atoms with E-state index in [1.165, 1.54) is 12.8 Å². The van der Waals surface area contributed by atoms with Gasteiger partial charge in [-0.3, -0.25) is 9.52 Å². The minimum absolute atomic E-state index is 0.0178. The van der Waals surface area contributed by atoms with Crippen molar-refractivity contribution in [2.75, 3.05) is 17.5 Å². The lowest BCUT2D eigenvalue weighted by Gasteiger charge is -2.18. The van der Waals surface area contributed by atoms with Crippen molar-refractivity contribution in [3.05, 3.63) is 42.6 Å². The second-order valence-corrected chi connectivity index (χ2v) is 9.15. The van der Waals surface area contributed by atoms with Gasteiger partial charge in [0.1, 0.15) is 6.54 Å². The molecule has 1 aromatic heterocycles. The molecule has 1 aromatic carbocycles. The predicted octanol–water partition coefficient (Wildman–Crippen LogP) is 2.34. The number of rotatable bonds is 6. The Morgan fingerprint density at radius 3 is 2.77 bits per heavy atom. The molecule has 2 aliphatic rings. The van der Waals surface area contributed by atoms with Crippen molar-refractivity contribution in [2.24, 2.45) is 17.8 Å². The van der Waals surface area contributed by atoms with E-state index in [-0.39, 0.29) is 12.5 Å². The van der Waals surface area contributed by atoms with Crippen molar-refractivity contribution in [3.8, 4) is 0 Å². The number of benzene rings is 1. The summed E-state index contributed by atoms with van der Waals surface area (Å²) in [4.78, 5) is 12.4. The number of carbonyl (C=O) groups is 1. The topological polar surface area (TPSA) is 80.2 Å². The third-order valence-corrected chi connectivity index (χ3v) is 5.99. The molecule has 0 unspecified atom stereocenters. The van der Waals surface area contributed by atoms with E-state index < -0.39 is 10.0 Å². The maximum absolute atomic E-state index is 12.4. The molecule has 4 rings (SSSR count). The van der Waals surface area contributed by atoms with Gasteiger partial charge < -0.3 is 9.88 Å². The van der Waals surface area contributed by atoms with Gasteiger partial charge in [-0.25, -0.2) is 8.42 Å². The van der Waals surface area contributed by atoms with Gasteiger partial charge in [-0.2, -0.15) is 0 Å². The summed E-state index contributed by atoms with van der Waals surface area (Å²) >= 11 is 0. The maximum atomic E-state index is 12.4. The fraction of sp³-hybridized carbons (Fsp3) is 0.421. The highest BCUT2D eigenvalue weighted by atomic mass is 32.2. The minimum atomic E-state index is -3.35. The summed E-state index contributed by atoms with van der Waals surface area (Å²) in [5.74, 6) is 1.87. The molecule has 1 saturated carbocycles. The lowest BCUT2D eigenvalue weighted by Crippen LogP contribution is -2.33. The molecule has 3 atom stereocenters. The molecule has 6 nitrogen and oxygen atoms in total. The first kappa shape index (κ1) is 17.1. The summed E-state index contributed by atoms with van der Waals surface area (Å²) in [6, 6.07) is 7.22. The average molecular weight is 373 g/mol. The Labute approximate surface area is 153 Å². The van der Waals surface area contributed by atoms with Crippen LogP contribution in [0.2, 0.25) is 0 Å². The Balaban J connectivity index is 1.43. The van der Waals surface area contributed by atoms with E-state index in [2.05, 4.69) is 22.2 Å². The van der Waals surface area contributed by atoms with Crippen LogP contribution in [0.5, 0.6) is 0 Å². The van der Waals surface area contributed by atoms with E-state index in [1.807, 2.05) is 22.9 Å².